The van der Waals surface area contributed by atoms with E-state index in [9.17, 15) is 26.7 Å². The van der Waals surface area contributed by atoms with E-state index in [-0.39, 0.29) is 31.1 Å². The molecule has 1 amide bonds. The molecule has 2 fully saturated rings. The second-order valence-corrected chi connectivity index (χ2v) is 9.12. The van der Waals surface area contributed by atoms with E-state index in [1.165, 1.54) is 19.3 Å². The van der Waals surface area contributed by atoms with Crippen LogP contribution in [0, 0.1) is 5.92 Å². The highest BCUT2D eigenvalue weighted by Gasteiger charge is 2.47. The van der Waals surface area contributed by atoms with Crippen LogP contribution in [-0.4, -0.2) is 40.7 Å². The van der Waals surface area contributed by atoms with Gasteiger partial charge in [0.2, 0.25) is 11.8 Å². The van der Waals surface area contributed by atoms with Crippen LogP contribution in [0.3, 0.4) is 0 Å². The van der Waals surface area contributed by atoms with Gasteiger partial charge in [0, 0.05) is 32.9 Å². The Morgan fingerprint density at radius 3 is 2.29 bits per heavy atom. The molecule has 34 heavy (non-hydrogen) atoms. The van der Waals surface area contributed by atoms with E-state index in [1.807, 2.05) is 18.2 Å². The van der Waals surface area contributed by atoms with Crippen LogP contribution in [0.15, 0.2) is 18.2 Å². The van der Waals surface area contributed by atoms with Crippen molar-refractivity contribution in [2.75, 3.05) is 7.11 Å². The molecule has 0 saturated heterocycles. The molecule has 0 unspecified atom stereocenters. The molecule has 4 rings (SSSR count). The lowest BCUT2D eigenvalue weighted by Crippen LogP contribution is -2.40. The SMILES string of the molecule is C1CC1.COC(C)(C)C(F)(F)F.NCc1nc2ccc(CNC(=O)CC3CC(F)(F)C3)cc2[nH]1. The third kappa shape index (κ3) is 8.83. The van der Waals surface area contributed by atoms with Crippen molar-refractivity contribution in [2.45, 2.75) is 83.2 Å². The summed E-state index contributed by atoms with van der Waals surface area (Å²) in [5.74, 6) is -2.25. The van der Waals surface area contributed by atoms with Crippen LogP contribution in [0.1, 0.15) is 63.8 Å². The first-order chi connectivity index (χ1) is 15.8. The lowest BCUT2D eigenvalue weighted by atomic mass is 9.79. The van der Waals surface area contributed by atoms with Gasteiger partial charge in [-0.05, 0) is 37.5 Å². The number of carbonyl (C=O) groups excluding carboxylic acids is 1. The second-order valence-electron chi connectivity index (χ2n) is 9.12. The number of nitrogens with two attached hydrogens (primary N) is 1. The first kappa shape index (κ1) is 28.0. The maximum atomic E-state index is 12.7. The Morgan fingerprint density at radius 1 is 1.24 bits per heavy atom. The van der Waals surface area contributed by atoms with Crippen LogP contribution in [0.2, 0.25) is 0 Å². The highest BCUT2D eigenvalue weighted by Crippen LogP contribution is 2.43. The molecule has 11 heteroatoms. The van der Waals surface area contributed by atoms with Crippen LogP contribution < -0.4 is 11.1 Å². The number of nitrogens with zero attached hydrogens (tertiary/aromatic N) is 1. The molecule has 2 saturated carbocycles. The Hall–Kier alpha value is -2.27. The minimum absolute atomic E-state index is 0.166. The average molecular weight is 493 g/mol. The number of nitrogens with one attached hydrogen (secondary N) is 2. The van der Waals surface area contributed by atoms with E-state index in [4.69, 9.17) is 5.73 Å². The first-order valence-corrected chi connectivity index (χ1v) is 11.2. The molecule has 1 aromatic carbocycles. The van der Waals surface area contributed by atoms with Gasteiger partial charge in [-0.25, -0.2) is 13.8 Å². The third-order valence-electron chi connectivity index (χ3n) is 5.47. The van der Waals surface area contributed by atoms with E-state index in [0.717, 1.165) is 37.6 Å². The van der Waals surface area contributed by atoms with Crippen molar-refractivity contribution in [1.82, 2.24) is 15.3 Å². The number of amides is 1. The molecule has 0 bridgehead atoms. The van der Waals surface area contributed by atoms with E-state index in [1.54, 1.807) is 0 Å². The number of halogens is 5. The number of ether oxygens (including phenoxy) is 1. The number of benzene rings is 1. The van der Waals surface area contributed by atoms with E-state index in [2.05, 4.69) is 20.0 Å². The Kier molecular flexibility index (Phi) is 9.41. The molecule has 1 heterocycles. The van der Waals surface area contributed by atoms with Gasteiger partial charge in [0.15, 0.2) is 5.60 Å². The molecule has 0 aliphatic heterocycles. The molecule has 2 aliphatic carbocycles. The molecule has 0 spiro atoms. The molecule has 192 valence electrons. The van der Waals surface area contributed by atoms with Crippen molar-refractivity contribution in [2.24, 2.45) is 11.7 Å². The number of fused-ring (bicyclic) bond motifs is 1. The van der Waals surface area contributed by atoms with Crippen LogP contribution in [-0.2, 0) is 22.6 Å². The molecule has 0 atom stereocenters. The minimum atomic E-state index is -4.28. The van der Waals surface area contributed by atoms with Gasteiger partial charge in [-0.1, -0.05) is 25.3 Å². The highest BCUT2D eigenvalue weighted by atomic mass is 19.4. The lowest BCUT2D eigenvalue weighted by Gasteiger charge is -2.34. The Labute approximate surface area is 195 Å². The zero-order valence-electron chi connectivity index (χ0n) is 19.7. The summed E-state index contributed by atoms with van der Waals surface area (Å²) in [7, 11) is 1.04. The number of aromatic amines is 1. The summed E-state index contributed by atoms with van der Waals surface area (Å²) in [5.41, 5.74) is 6.13. The summed E-state index contributed by atoms with van der Waals surface area (Å²) < 4.78 is 64.7. The van der Waals surface area contributed by atoms with Gasteiger partial charge < -0.3 is 20.8 Å². The summed E-state index contributed by atoms with van der Waals surface area (Å²) in [5, 5.41) is 2.77. The number of methoxy groups -OCH3 is 1. The van der Waals surface area contributed by atoms with Crippen LogP contribution in [0.5, 0.6) is 0 Å². The van der Waals surface area contributed by atoms with Crippen molar-refractivity contribution in [1.29, 1.82) is 0 Å². The van der Waals surface area contributed by atoms with Gasteiger partial charge in [0.1, 0.15) is 5.82 Å². The number of carbonyl (C=O) groups is 1. The van der Waals surface area contributed by atoms with Crippen molar-refractivity contribution in [3.8, 4) is 0 Å². The maximum Gasteiger partial charge on any atom is 0.416 e. The Bertz CT molecular complexity index is 930. The van der Waals surface area contributed by atoms with Gasteiger partial charge in [-0.2, -0.15) is 13.2 Å². The monoisotopic (exact) mass is 492 g/mol. The first-order valence-electron chi connectivity index (χ1n) is 11.2. The predicted molar refractivity (Wildman–Crippen MR) is 119 cm³/mol. The topological polar surface area (TPSA) is 93.0 Å². The van der Waals surface area contributed by atoms with Crippen molar-refractivity contribution < 1.29 is 31.5 Å². The van der Waals surface area contributed by atoms with Crippen molar-refractivity contribution in [3.05, 3.63) is 29.6 Å². The van der Waals surface area contributed by atoms with Gasteiger partial charge in [-0.15, -0.1) is 0 Å². The van der Waals surface area contributed by atoms with Crippen LogP contribution in [0.4, 0.5) is 22.0 Å². The standard InChI is InChI=1S/C15H18F2N4O.C5H9F3O.C3H6/c16-15(17)5-10(6-15)4-14(22)19-8-9-1-2-11-12(3-9)21-13(7-18)20-11;1-4(2,9-3)5(6,7)8;1-2-3-1/h1-3,10H,4-8,18H2,(H,19,22)(H,20,21);1-3H3;1-3H2. The molecule has 2 aliphatic rings. The van der Waals surface area contributed by atoms with Gasteiger partial charge in [0.05, 0.1) is 17.6 Å². The zero-order chi connectivity index (χ0) is 25.6. The summed E-state index contributed by atoms with van der Waals surface area (Å²) in [6, 6.07) is 5.64. The molecule has 6 nitrogen and oxygen atoms in total. The zero-order valence-corrected chi connectivity index (χ0v) is 19.7. The minimum Gasteiger partial charge on any atom is -0.369 e. The summed E-state index contributed by atoms with van der Waals surface area (Å²) >= 11 is 0. The Morgan fingerprint density at radius 2 is 1.85 bits per heavy atom. The molecular formula is C23H33F5N4O2. The van der Waals surface area contributed by atoms with Crippen molar-refractivity contribution >= 4 is 16.9 Å². The number of aromatic nitrogens is 2. The number of alkyl halides is 5. The van der Waals surface area contributed by atoms with Crippen LogP contribution >= 0.6 is 0 Å². The van der Waals surface area contributed by atoms with Gasteiger partial charge in [0.25, 0.3) is 0 Å². The van der Waals surface area contributed by atoms with E-state index in [0.29, 0.717) is 18.9 Å². The fourth-order valence-corrected chi connectivity index (χ4v) is 2.90. The number of imidazole rings is 1. The fraction of sp³-hybridized carbons (Fsp3) is 0.652. The fourth-order valence-electron chi connectivity index (χ4n) is 2.90. The summed E-state index contributed by atoms with van der Waals surface area (Å²) in [6.07, 6.45) is 0.0335. The quantitative estimate of drug-likeness (QED) is 0.482. The molecular weight excluding hydrogens is 459 g/mol. The number of hydrogen-bond donors (Lipinski definition) is 3. The maximum absolute atomic E-state index is 12.7. The number of H-pyrrole nitrogens is 1. The van der Waals surface area contributed by atoms with Crippen molar-refractivity contribution in [3.63, 3.8) is 0 Å². The predicted octanol–water partition coefficient (Wildman–Crippen LogP) is 5.22. The Balaban J connectivity index is 0.000000282. The van der Waals surface area contributed by atoms with Gasteiger partial charge in [-0.3, -0.25) is 4.79 Å². The second kappa shape index (κ2) is 11.4. The normalized spacial score (nSPS) is 17.1. The highest BCUT2D eigenvalue weighted by molar-refractivity contribution is 5.77. The smallest absolute Gasteiger partial charge is 0.369 e. The summed E-state index contributed by atoms with van der Waals surface area (Å²) in [4.78, 5) is 19.2. The molecule has 1 aromatic heterocycles. The number of hydrogen-bond acceptors (Lipinski definition) is 4. The molecule has 2 aromatic rings. The molecule has 4 N–H and O–H groups in total. The summed E-state index contributed by atoms with van der Waals surface area (Å²) in [6.45, 7) is 2.67. The van der Waals surface area contributed by atoms with E-state index < -0.39 is 17.7 Å². The largest absolute Gasteiger partial charge is 0.416 e. The van der Waals surface area contributed by atoms with E-state index >= 15 is 0 Å². The lowest BCUT2D eigenvalue weighted by molar-refractivity contribution is -0.255. The third-order valence-corrected chi connectivity index (χ3v) is 5.47. The van der Waals surface area contributed by atoms with Gasteiger partial charge >= 0.3 is 6.18 Å². The average Bonchev–Trinajstić information content (AvgIpc) is 3.56. The molecule has 0 radical (unpaired) electrons. The van der Waals surface area contributed by atoms with Crippen LogP contribution in [0.25, 0.3) is 11.0 Å². The number of rotatable bonds is 6.